The van der Waals surface area contributed by atoms with Crippen molar-refractivity contribution in [1.82, 2.24) is 15.0 Å². The Bertz CT molecular complexity index is 963. The highest BCUT2D eigenvalue weighted by molar-refractivity contribution is 6.72. The van der Waals surface area contributed by atoms with Gasteiger partial charge in [0.15, 0.2) is 0 Å². The lowest BCUT2D eigenvalue weighted by Crippen LogP contribution is -2.43. The molecule has 0 saturated carbocycles. The van der Waals surface area contributed by atoms with Crippen molar-refractivity contribution >= 4 is 20.0 Å². The molecule has 2 aliphatic rings. The normalized spacial score (nSPS) is 25.5. The van der Waals surface area contributed by atoms with Crippen LogP contribution in [0, 0.1) is 5.92 Å². The molecule has 2 fully saturated rings. The van der Waals surface area contributed by atoms with Crippen LogP contribution in [0.5, 0.6) is 0 Å². The average molecular weight is 475 g/mol. The summed E-state index contributed by atoms with van der Waals surface area (Å²) < 4.78 is 23.6. The monoisotopic (exact) mass is 474 g/mol. The minimum absolute atomic E-state index is 0.0116. The maximum absolute atomic E-state index is 15.3. The number of aryl methyl sites for hydroxylation is 2. The number of hydrogen-bond acceptors (Lipinski definition) is 5. The minimum atomic E-state index is -2.92. The fourth-order valence-electron chi connectivity index (χ4n) is 5.36. The standard InChI is InChI=1S/C24H35FN4O3Si/c1-17-21(8-7-18-5-4-6-20(15-18)29-13-10-23(29)31)32-22(24(17)33(2,3)25)9-12-28-16-19(11-14-30)26-27-28/h4-6,15-17,21-22,24,30H,7-14H2,1-3H3/t17-,21+,22-,24+/m0/s1. The summed E-state index contributed by atoms with van der Waals surface area (Å²) in [5.41, 5.74) is 2.84. The first-order valence-corrected chi connectivity index (χ1v) is 15.0. The molecule has 0 aliphatic carbocycles. The van der Waals surface area contributed by atoms with Gasteiger partial charge in [-0.3, -0.25) is 9.48 Å². The fraction of sp³-hybridized carbons (Fsp3) is 0.625. The van der Waals surface area contributed by atoms with Crippen molar-refractivity contribution < 1.29 is 18.7 Å². The molecule has 180 valence electrons. The van der Waals surface area contributed by atoms with Gasteiger partial charge in [0.1, 0.15) is 0 Å². The molecule has 0 spiro atoms. The SMILES string of the molecule is C[C@@H]1[C@@H]([Si](C)(C)F)[C@H](CCn2cc(CCO)nn2)O[C@@H]1CCc1cccc(N2CCC2=O)c1. The zero-order chi connectivity index (χ0) is 23.6. The van der Waals surface area contributed by atoms with Crippen molar-refractivity contribution in [2.75, 3.05) is 18.1 Å². The number of carbonyl (C=O) groups is 1. The van der Waals surface area contributed by atoms with Gasteiger partial charge < -0.3 is 18.9 Å². The third-order valence-electron chi connectivity index (χ3n) is 7.08. The number of carbonyl (C=O) groups excluding carboxylic acids is 1. The minimum Gasteiger partial charge on any atom is -0.396 e. The van der Waals surface area contributed by atoms with Gasteiger partial charge in [0.2, 0.25) is 14.3 Å². The van der Waals surface area contributed by atoms with Crippen LogP contribution < -0.4 is 4.90 Å². The Morgan fingerprint density at radius 3 is 2.73 bits per heavy atom. The number of benzene rings is 1. The quantitative estimate of drug-likeness (QED) is 0.324. The molecule has 2 aliphatic heterocycles. The number of β-lactam (4-membered cyclic amide) rings is 1. The van der Waals surface area contributed by atoms with E-state index in [9.17, 15) is 4.79 Å². The van der Waals surface area contributed by atoms with Gasteiger partial charge in [0.25, 0.3) is 0 Å². The molecular weight excluding hydrogens is 439 g/mol. The average Bonchev–Trinajstić information content (AvgIpc) is 3.33. The van der Waals surface area contributed by atoms with Crippen LogP contribution in [-0.4, -0.2) is 59.8 Å². The molecule has 1 amide bonds. The zero-order valence-electron chi connectivity index (χ0n) is 19.8. The maximum atomic E-state index is 15.3. The number of anilines is 1. The number of amides is 1. The summed E-state index contributed by atoms with van der Waals surface area (Å²) in [6.45, 7) is 7.16. The number of aliphatic hydroxyl groups excluding tert-OH is 1. The van der Waals surface area contributed by atoms with E-state index in [4.69, 9.17) is 9.84 Å². The van der Waals surface area contributed by atoms with Crippen LogP contribution in [0.1, 0.15) is 37.4 Å². The molecule has 0 radical (unpaired) electrons. The topological polar surface area (TPSA) is 80.5 Å². The van der Waals surface area contributed by atoms with Gasteiger partial charge in [0, 0.05) is 50.0 Å². The number of rotatable bonds is 10. The summed E-state index contributed by atoms with van der Waals surface area (Å²) in [5.74, 6) is 0.332. The summed E-state index contributed by atoms with van der Waals surface area (Å²) in [7, 11) is -2.92. The fourth-order valence-corrected chi connectivity index (χ4v) is 7.96. The van der Waals surface area contributed by atoms with Gasteiger partial charge in [-0.15, -0.1) is 5.10 Å². The Morgan fingerprint density at radius 1 is 1.24 bits per heavy atom. The summed E-state index contributed by atoms with van der Waals surface area (Å²) in [5, 5.41) is 17.3. The van der Waals surface area contributed by atoms with Crippen molar-refractivity contribution in [2.45, 2.75) is 76.4 Å². The molecular formula is C24H35FN4O3Si. The van der Waals surface area contributed by atoms with Crippen LogP contribution in [0.3, 0.4) is 0 Å². The highest BCUT2D eigenvalue weighted by atomic mass is 28.4. The van der Waals surface area contributed by atoms with Crippen LogP contribution in [0.15, 0.2) is 30.5 Å². The smallest absolute Gasteiger partial charge is 0.246 e. The highest BCUT2D eigenvalue weighted by Gasteiger charge is 2.50. The molecule has 4 atom stereocenters. The number of aromatic nitrogens is 3. The van der Waals surface area contributed by atoms with E-state index in [1.807, 2.05) is 23.2 Å². The van der Waals surface area contributed by atoms with E-state index < -0.39 is 8.41 Å². The van der Waals surface area contributed by atoms with Gasteiger partial charge >= 0.3 is 0 Å². The second kappa shape index (κ2) is 10.0. The molecule has 3 heterocycles. The predicted molar refractivity (Wildman–Crippen MR) is 127 cm³/mol. The largest absolute Gasteiger partial charge is 0.396 e. The maximum Gasteiger partial charge on any atom is 0.246 e. The first-order valence-electron chi connectivity index (χ1n) is 12.0. The van der Waals surface area contributed by atoms with E-state index in [2.05, 4.69) is 29.4 Å². The number of nitrogens with zero attached hydrogens (tertiary/aromatic N) is 4. The van der Waals surface area contributed by atoms with Crippen LogP contribution in [0.2, 0.25) is 18.6 Å². The summed E-state index contributed by atoms with van der Waals surface area (Å²) >= 11 is 0. The lowest BCUT2D eigenvalue weighted by atomic mass is 9.95. The van der Waals surface area contributed by atoms with Gasteiger partial charge in [-0.05, 0) is 56.0 Å². The number of halogens is 1. The van der Waals surface area contributed by atoms with Crippen molar-refractivity contribution in [3.63, 3.8) is 0 Å². The highest BCUT2D eigenvalue weighted by Crippen LogP contribution is 2.47. The second-order valence-corrected chi connectivity index (χ2v) is 13.7. The van der Waals surface area contributed by atoms with E-state index in [1.165, 1.54) is 5.56 Å². The number of hydrogen-bond donors (Lipinski definition) is 1. The van der Waals surface area contributed by atoms with Gasteiger partial charge in [-0.25, -0.2) is 0 Å². The molecule has 33 heavy (non-hydrogen) atoms. The lowest BCUT2D eigenvalue weighted by molar-refractivity contribution is -0.122. The number of aliphatic hydroxyl groups is 1. The molecule has 7 nitrogen and oxygen atoms in total. The molecule has 1 aromatic heterocycles. The molecule has 9 heteroatoms. The first-order chi connectivity index (χ1) is 15.8. The third-order valence-corrected chi connectivity index (χ3v) is 9.57. The van der Waals surface area contributed by atoms with E-state index in [0.29, 0.717) is 25.8 Å². The Labute approximate surface area is 196 Å². The van der Waals surface area contributed by atoms with E-state index in [1.54, 1.807) is 17.8 Å². The van der Waals surface area contributed by atoms with Crippen LogP contribution in [0.25, 0.3) is 0 Å². The zero-order valence-corrected chi connectivity index (χ0v) is 20.8. The van der Waals surface area contributed by atoms with Gasteiger partial charge in [0.05, 0.1) is 17.9 Å². The van der Waals surface area contributed by atoms with Gasteiger partial charge in [-0.2, -0.15) is 0 Å². The lowest BCUT2D eigenvalue weighted by Gasteiger charge is -2.31. The summed E-state index contributed by atoms with van der Waals surface area (Å²) in [6.07, 6.45) is 5.20. The Hall–Kier alpha value is -2.10. The van der Waals surface area contributed by atoms with Crippen LogP contribution >= 0.6 is 0 Å². The molecule has 0 bridgehead atoms. The second-order valence-electron chi connectivity index (χ2n) is 9.90. The van der Waals surface area contributed by atoms with E-state index in [0.717, 1.165) is 30.8 Å². The number of ether oxygens (including phenoxy) is 1. The first kappa shape index (κ1) is 24.0. The van der Waals surface area contributed by atoms with Crippen molar-refractivity contribution in [1.29, 1.82) is 0 Å². The molecule has 1 aromatic carbocycles. The Kier molecular flexibility index (Phi) is 7.30. The summed E-state index contributed by atoms with van der Waals surface area (Å²) in [6, 6.07) is 8.16. The van der Waals surface area contributed by atoms with E-state index in [-0.39, 0.29) is 36.2 Å². The van der Waals surface area contributed by atoms with E-state index >= 15 is 4.11 Å². The van der Waals surface area contributed by atoms with Crippen molar-refractivity contribution in [3.8, 4) is 0 Å². The van der Waals surface area contributed by atoms with Gasteiger partial charge in [-0.1, -0.05) is 24.3 Å². The molecule has 2 aromatic rings. The Balaban J connectivity index is 1.38. The Morgan fingerprint density at radius 2 is 2.06 bits per heavy atom. The molecule has 4 rings (SSSR count). The predicted octanol–water partition coefficient (Wildman–Crippen LogP) is 3.52. The third kappa shape index (κ3) is 5.52. The molecule has 2 saturated heterocycles. The summed E-state index contributed by atoms with van der Waals surface area (Å²) in [4.78, 5) is 13.6. The van der Waals surface area contributed by atoms with Crippen molar-refractivity contribution in [2.24, 2.45) is 5.92 Å². The van der Waals surface area contributed by atoms with Crippen molar-refractivity contribution in [3.05, 3.63) is 41.7 Å². The van der Waals surface area contributed by atoms with Crippen LogP contribution in [-0.2, 0) is 28.9 Å². The molecule has 0 unspecified atom stereocenters. The van der Waals surface area contributed by atoms with Crippen LogP contribution in [0.4, 0.5) is 9.80 Å². The molecule has 1 N–H and O–H groups in total.